The molecule has 0 saturated carbocycles. The summed E-state index contributed by atoms with van der Waals surface area (Å²) >= 11 is 0. The number of fused-ring (bicyclic) bond motifs is 1. The molecule has 2 aromatic heterocycles. The zero-order valence-corrected chi connectivity index (χ0v) is 23.4. The van der Waals surface area contributed by atoms with Gasteiger partial charge in [0, 0.05) is 28.2 Å². The minimum atomic E-state index is -3.73. The summed E-state index contributed by atoms with van der Waals surface area (Å²) in [5, 5.41) is 14.6. The Bertz CT molecular complexity index is 1760. The molecule has 10 nitrogen and oxygen atoms in total. The molecule has 3 N–H and O–H groups in total. The van der Waals surface area contributed by atoms with E-state index in [2.05, 4.69) is 35.2 Å². The summed E-state index contributed by atoms with van der Waals surface area (Å²) in [4.78, 5) is 19.3. The number of likely N-dealkylation sites (tertiary alicyclic amines) is 1. The number of hydrogen-bond acceptors (Lipinski definition) is 7. The lowest BCUT2D eigenvalue weighted by Crippen LogP contribution is -2.49. The number of benzene rings is 3. The van der Waals surface area contributed by atoms with Gasteiger partial charge in [0.05, 0.1) is 11.3 Å². The third kappa shape index (κ3) is 5.69. The molecule has 11 heteroatoms. The zero-order chi connectivity index (χ0) is 28.4. The molecule has 0 aliphatic carbocycles. The number of carbonyl (C=O) groups excluding carboxylic acids is 1. The average Bonchev–Trinajstić information content (AvgIpc) is 3.68. The van der Waals surface area contributed by atoms with Crippen LogP contribution in [0, 0.1) is 0 Å². The maximum atomic E-state index is 13.9. The van der Waals surface area contributed by atoms with Gasteiger partial charge < -0.3 is 9.88 Å². The summed E-state index contributed by atoms with van der Waals surface area (Å²) in [6, 6.07) is 21.8. The van der Waals surface area contributed by atoms with E-state index in [1.165, 1.54) is 0 Å². The predicted octanol–water partition coefficient (Wildman–Crippen LogP) is 3.82. The van der Waals surface area contributed by atoms with E-state index >= 15 is 0 Å². The van der Waals surface area contributed by atoms with Crippen molar-refractivity contribution in [1.82, 2.24) is 35.2 Å². The normalized spacial score (nSPS) is 15.7. The number of piperidine rings is 1. The standard InChI is InChI=1S/C30H31N7O3S/c1-37-16-14-23(15-17-37)41(39,40)34-28(18-22-19-31-27-9-5-4-7-25(22)27)29(38)21-12-10-20(11-13-21)24-6-2-3-8-26(24)30-32-35-36-33-30/h2-13,19,23,28,31,34H,14-18H2,1H3,(H,32,33,35,36). The number of rotatable bonds is 9. The number of aromatic amines is 2. The predicted molar refractivity (Wildman–Crippen MR) is 158 cm³/mol. The molecule has 1 aliphatic heterocycles. The topological polar surface area (TPSA) is 137 Å². The molecule has 1 atom stereocenters. The van der Waals surface area contributed by atoms with Gasteiger partial charge in [0.1, 0.15) is 0 Å². The third-order valence-corrected chi connectivity index (χ3v) is 9.80. The van der Waals surface area contributed by atoms with Gasteiger partial charge in [-0.05, 0) is 72.6 Å². The largest absolute Gasteiger partial charge is 0.361 e. The van der Waals surface area contributed by atoms with Gasteiger partial charge in [0.15, 0.2) is 11.6 Å². The number of ketones is 1. The van der Waals surface area contributed by atoms with Crippen LogP contribution in [0.15, 0.2) is 79.0 Å². The Balaban J connectivity index is 1.30. The number of Topliss-reactive ketones (excluding diaryl/α,β-unsaturated/α-hetero) is 1. The van der Waals surface area contributed by atoms with E-state index in [1.54, 1.807) is 12.1 Å². The Kier molecular flexibility index (Phi) is 7.48. The van der Waals surface area contributed by atoms with Gasteiger partial charge in [-0.1, -0.05) is 66.7 Å². The van der Waals surface area contributed by atoms with Crippen LogP contribution in [0.25, 0.3) is 33.4 Å². The van der Waals surface area contributed by atoms with Crippen LogP contribution in [0.1, 0.15) is 28.8 Å². The maximum absolute atomic E-state index is 13.9. The quantitative estimate of drug-likeness (QED) is 0.230. The molecule has 3 aromatic carbocycles. The van der Waals surface area contributed by atoms with Crippen LogP contribution >= 0.6 is 0 Å². The van der Waals surface area contributed by atoms with Crippen molar-refractivity contribution < 1.29 is 13.2 Å². The lowest BCUT2D eigenvalue weighted by molar-refractivity contribution is 0.0953. The summed E-state index contributed by atoms with van der Waals surface area (Å²) in [6.07, 6.45) is 3.16. The molecular weight excluding hydrogens is 538 g/mol. The van der Waals surface area contributed by atoms with Gasteiger partial charge in [-0.25, -0.2) is 18.2 Å². The Morgan fingerprint density at radius 2 is 1.71 bits per heavy atom. The second-order valence-corrected chi connectivity index (χ2v) is 12.5. The van der Waals surface area contributed by atoms with Crippen LogP contribution in [0.3, 0.4) is 0 Å². The number of aromatic nitrogens is 5. The molecule has 3 heterocycles. The summed E-state index contributed by atoms with van der Waals surface area (Å²) in [7, 11) is -1.74. The van der Waals surface area contributed by atoms with Crippen LogP contribution in [-0.2, 0) is 16.4 Å². The monoisotopic (exact) mass is 569 g/mol. The molecule has 1 fully saturated rings. The first-order valence-electron chi connectivity index (χ1n) is 13.6. The van der Waals surface area contributed by atoms with Crippen molar-refractivity contribution >= 4 is 26.7 Å². The Morgan fingerprint density at radius 3 is 2.44 bits per heavy atom. The third-order valence-electron chi connectivity index (χ3n) is 7.83. The molecule has 6 rings (SSSR count). The molecule has 210 valence electrons. The minimum absolute atomic E-state index is 0.234. The SMILES string of the molecule is CN1CCC(S(=O)(=O)NC(Cc2c[nH]c3ccccc23)C(=O)c2ccc(-c3ccccc3-c3nnn[nH]3)cc2)CC1. The smallest absolute Gasteiger partial charge is 0.215 e. The fraction of sp³-hybridized carbons (Fsp3) is 0.267. The van der Waals surface area contributed by atoms with Crippen LogP contribution < -0.4 is 4.72 Å². The molecule has 0 radical (unpaired) electrons. The van der Waals surface area contributed by atoms with E-state index in [9.17, 15) is 13.2 Å². The highest BCUT2D eigenvalue weighted by Crippen LogP contribution is 2.30. The Hall–Kier alpha value is -4.19. The number of tetrazole rings is 1. The fourth-order valence-electron chi connectivity index (χ4n) is 5.53. The first-order chi connectivity index (χ1) is 19.9. The summed E-state index contributed by atoms with van der Waals surface area (Å²) in [6.45, 7) is 1.42. The highest BCUT2D eigenvalue weighted by atomic mass is 32.2. The van der Waals surface area contributed by atoms with Crippen molar-refractivity contribution in [3.05, 3.63) is 90.1 Å². The number of carbonyl (C=O) groups is 1. The van der Waals surface area contributed by atoms with Crippen molar-refractivity contribution in [1.29, 1.82) is 0 Å². The van der Waals surface area contributed by atoms with Crippen molar-refractivity contribution in [3.63, 3.8) is 0 Å². The van der Waals surface area contributed by atoms with E-state index in [4.69, 9.17) is 0 Å². The lowest BCUT2D eigenvalue weighted by atomic mass is 9.94. The second-order valence-electron chi connectivity index (χ2n) is 10.5. The van der Waals surface area contributed by atoms with Gasteiger partial charge in [-0.3, -0.25) is 4.79 Å². The van der Waals surface area contributed by atoms with Gasteiger partial charge in [-0.2, -0.15) is 0 Å². The zero-order valence-electron chi connectivity index (χ0n) is 22.6. The summed E-state index contributed by atoms with van der Waals surface area (Å²) in [5.74, 6) is 0.272. The lowest BCUT2D eigenvalue weighted by Gasteiger charge is -2.30. The average molecular weight is 570 g/mol. The van der Waals surface area contributed by atoms with Crippen LogP contribution in [0.4, 0.5) is 0 Å². The molecule has 1 unspecified atom stereocenters. The summed E-state index contributed by atoms with van der Waals surface area (Å²) in [5.41, 5.74) is 4.88. The van der Waals surface area contributed by atoms with Gasteiger partial charge >= 0.3 is 0 Å². The van der Waals surface area contributed by atoms with Gasteiger partial charge in [0.2, 0.25) is 10.0 Å². The number of nitrogens with one attached hydrogen (secondary N) is 3. The Morgan fingerprint density at radius 1 is 1.00 bits per heavy atom. The van der Waals surface area contributed by atoms with Crippen molar-refractivity contribution in [2.45, 2.75) is 30.6 Å². The van der Waals surface area contributed by atoms with Crippen molar-refractivity contribution in [2.24, 2.45) is 0 Å². The first kappa shape index (κ1) is 27.0. The van der Waals surface area contributed by atoms with Crippen molar-refractivity contribution in [3.8, 4) is 22.5 Å². The van der Waals surface area contributed by atoms with E-state index in [1.807, 2.05) is 73.9 Å². The molecule has 0 spiro atoms. The van der Waals surface area contributed by atoms with E-state index in [0.29, 0.717) is 37.3 Å². The number of sulfonamides is 1. The molecule has 1 aliphatic rings. The van der Waals surface area contributed by atoms with E-state index in [0.717, 1.165) is 33.2 Å². The van der Waals surface area contributed by atoms with Crippen molar-refractivity contribution in [2.75, 3.05) is 20.1 Å². The van der Waals surface area contributed by atoms with Gasteiger partial charge in [-0.15, -0.1) is 5.10 Å². The first-order valence-corrected chi connectivity index (χ1v) is 15.2. The maximum Gasteiger partial charge on any atom is 0.215 e. The molecule has 5 aromatic rings. The second kappa shape index (κ2) is 11.4. The minimum Gasteiger partial charge on any atom is -0.361 e. The molecule has 0 bridgehead atoms. The fourth-order valence-corrected chi connectivity index (χ4v) is 7.14. The number of hydrogen-bond donors (Lipinski definition) is 3. The Labute approximate surface area is 238 Å². The summed E-state index contributed by atoms with van der Waals surface area (Å²) < 4.78 is 29.8. The van der Waals surface area contributed by atoms with Crippen LogP contribution in [0.5, 0.6) is 0 Å². The number of para-hydroxylation sites is 1. The van der Waals surface area contributed by atoms with Gasteiger partial charge in [0.25, 0.3) is 0 Å². The van der Waals surface area contributed by atoms with E-state index in [-0.39, 0.29) is 12.2 Å². The number of nitrogens with zero attached hydrogens (tertiary/aromatic N) is 4. The number of H-pyrrole nitrogens is 2. The highest BCUT2D eigenvalue weighted by Gasteiger charge is 2.33. The molecule has 0 amide bonds. The molecular formula is C30H31N7O3S. The van der Waals surface area contributed by atoms with Crippen LogP contribution in [-0.4, -0.2) is 76.1 Å². The van der Waals surface area contributed by atoms with E-state index < -0.39 is 21.3 Å². The van der Waals surface area contributed by atoms with Crippen LogP contribution in [0.2, 0.25) is 0 Å². The molecule has 1 saturated heterocycles. The molecule has 41 heavy (non-hydrogen) atoms. The highest BCUT2D eigenvalue weighted by molar-refractivity contribution is 7.90.